The second-order valence-corrected chi connectivity index (χ2v) is 8.67. The predicted octanol–water partition coefficient (Wildman–Crippen LogP) is 4.19. The summed E-state index contributed by atoms with van der Waals surface area (Å²) < 4.78 is 25.9. The van der Waals surface area contributed by atoms with E-state index in [-0.39, 0.29) is 0 Å². The van der Waals surface area contributed by atoms with Crippen LogP contribution in [0.5, 0.6) is 0 Å². The molecule has 0 saturated heterocycles. The highest BCUT2D eigenvalue weighted by molar-refractivity contribution is 7.90. The van der Waals surface area contributed by atoms with Crippen molar-refractivity contribution in [3.8, 4) is 0 Å². The molecule has 0 amide bonds. The van der Waals surface area contributed by atoms with E-state index in [9.17, 15) is 8.42 Å². The third-order valence-corrected chi connectivity index (χ3v) is 6.59. The van der Waals surface area contributed by atoms with Gasteiger partial charge in [0, 0.05) is 14.1 Å². The first-order valence-corrected chi connectivity index (χ1v) is 9.18. The van der Waals surface area contributed by atoms with Crippen LogP contribution >= 0.6 is 0 Å². The molecular weight excluding hydrogens is 258 g/mol. The molecular formula is C15H33NO2S. The van der Waals surface area contributed by atoms with Crippen LogP contribution in [0.3, 0.4) is 0 Å². The van der Waals surface area contributed by atoms with Crippen LogP contribution in [-0.2, 0) is 10.0 Å². The second kappa shape index (κ2) is 8.96. The largest absolute Gasteiger partial charge is 0.219 e. The summed E-state index contributed by atoms with van der Waals surface area (Å²) in [7, 11) is 0.132. The Hall–Kier alpha value is -0.0900. The first-order chi connectivity index (χ1) is 8.81. The fourth-order valence-corrected chi connectivity index (χ4v) is 4.18. The molecule has 0 aromatic heterocycles. The van der Waals surface area contributed by atoms with E-state index in [4.69, 9.17) is 0 Å². The van der Waals surface area contributed by atoms with Gasteiger partial charge in [-0.15, -0.1) is 0 Å². The number of sulfonamides is 1. The average Bonchev–Trinajstić information content (AvgIpc) is 2.34. The lowest BCUT2D eigenvalue weighted by molar-refractivity contribution is 0.410. The summed E-state index contributed by atoms with van der Waals surface area (Å²) >= 11 is 0. The first kappa shape index (κ1) is 18.9. The summed E-state index contributed by atoms with van der Waals surface area (Å²) in [6, 6.07) is 0. The van der Waals surface area contributed by atoms with Crippen molar-refractivity contribution in [2.75, 3.05) is 14.1 Å². The van der Waals surface area contributed by atoms with Crippen LogP contribution in [0.25, 0.3) is 0 Å². The molecule has 19 heavy (non-hydrogen) atoms. The van der Waals surface area contributed by atoms with Gasteiger partial charge in [-0.2, -0.15) is 0 Å². The molecule has 1 unspecified atom stereocenters. The number of rotatable bonds is 11. The van der Waals surface area contributed by atoms with Crippen LogP contribution in [0.2, 0.25) is 0 Å². The molecule has 0 heterocycles. The SMILES string of the molecule is CCCCCCC(C)(CCCCC)S(=O)(=O)N(C)C. The molecule has 0 N–H and O–H groups in total. The minimum absolute atomic E-state index is 0.584. The lowest BCUT2D eigenvalue weighted by Crippen LogP contribution is -2.43. The van der Waals surface area contributed by atoms with Gasteiger partial charge in [-0.25, -0.2) is 12.7 Å². The quantitative estimate of drug-likeness (QED) is 0.535. The molecule has 0 saturated carbocycles. The fraction of sp³-hybridized carbons (Fsp3) is 1.00. The molecule has 0 rings (SSSR count). The number of hydrogen-bond acceptors (Lipinski definition) is 2. The molecule has 116 valence electrons. The fourth-order valence-electron chi connectivity index (χ4n) is 2.50. The molecule has 0 aliphatic heterocycles. The van der Waals surface area contributed by atoms with Crippen molar-refractivity contribution in [2.24, 2.45) is 0 Å². The van der Waals surface area contributed by atoms with Crippen molar-refractivity contribution < 1.29 is 8.42 Å². The number of hydrogen-bond donors (Lipinski definition) is 0. The van der Waals surface area contributed by atoms with Crippen LogP contribution < -0.4 is 0 Å². The van der Waals surface area contributed by atoms with Gasteiger partial charge in [0.05, 0.1) is 4.75 Å². The molecule has 0 radical (unpaired) electrons. The lowest BCUT2D eigenvalue weighted by Gasteiger charge is -2.32. The Morgan fingerprint density at radius 1 is 0.842 bits per heavy atom. The Morgan fingerprint density at radius 3 is 1.68 bits per heavy atom. The van der Waals surface area contributed by atoms with Crippen molar-refractivity contribution in [3.63, 3.8) is 0 Å². The molecule has 3 nitrogen and oxygen atoms in total. The van der Waals surface area contributed by atoms with E-state index >= 15 is 0 Å². The lowest BCUT2D eigenvalue weighted by atomic mass is 9.95. The zero-order valence-corrected chi connectivity index (χ0v) is 14.4. The Balaban J connectivity index is 4.72. The van der Waals surface area contributed by atoms with Gasteiger partial charge in [0.2, 0.25) is 10.0 Å². The van der Waals surface area contributed by atoms with Crippen LogP contribution in [0.15, 0.2) is 0 Å². The highest BCUT2D eigenvalue weighted by atomic mass is 32.2. The Bertz CT molecular complexity index is 325. The molecule has 0 aliphatic rings. The van der Waals surface area contributed by atoms with Crippen molar-refractivity contribution >= 4 is 10.0 Å². The monoisotopic (exact) mass is 291 g/mol. The van der Waals surface area contributed by atoms with Crippen molar-refractivity contribution in [1.29, 1.82) is 0 Å². The van der Waals surface area contributed by atoms with Gasteiger partial charge in [-0.1, -0.05) is 58.8 Å². The Morgan fingerprint density at radius 2 is 1.26 bits per heavy atom. The van der Waals surface area contributed by atoms with Gasteiger partial charge >= 0.3 is 0 Å². The molecule has 0 bridgehead atoms. The van der Waals surface area contributed by atoms with Crippen LogP contribution in [0.4, 0.5) is 0 Å². The molecule has 0 aromatic carbocycles. The molecule has 0 fully saturated rings. The van der Waals surface area contributed by atoms with Crippen molar-refractivity contribution in [3.05, 3.63) is 0 Å². The summed E-state index contributed by atoms with van der Waals surface area (Å²) in [4.78, 5) is 0. The molecule has 0 aromatic rings. The van der Waals surface area contributed by atoms with Crippen molar-refractivity contribution in [1.82, 2.24) is 4.31 Å². The second-order valence-electron chi connectivity index (χ2n) is 6.01. The summed E-state index contributed by atoms with van der Waals surface area (Å²) in [6.07, 6.45) is 9.38. The van der Waals surface area contributed by atoms with E-state index in [1.54, 1.807) is 14.1 Å². The number of unbranched alkanes of at least 4 members (excludes halogenated alkanes) is 5. The van der Waals surface area contributed by atoms with Crippen molar-refractivity contribution in [2.45, 2.75) is 83.3 Å². The van der Waals surface area contributed by atoms with Crippen LogP contribution in [-0.4, -0.2) is 31.6 Å². The van der Waals surface area contributed by atoms with Crippen LogP contribution in [0, 0.1) is 0 Å². The maximum atomic E-state index is 12.5. The summed E-state index contributed by atoms with van der Waals surface area (Å²) in [5.41, 5.74) is 0. The highest BCUT2D eigenvalue weighted by Crippen LogP contribution is 2.32. The van der Waals surface area contributed by atoms with Gasteiger partial charge in [-0.3, -0.25) is 0 Å². The zero-order chi connectivity index (χ0) is 14.9. The minimum atomic E-state index is -3.17. The Labute approximate surface area is 120 Å². The number of nitrogens with zero attached hydrogens (tertiary/aromatic N) is 1. The third-order valence-electron chi connectivity index (χ3n) is 3.97. The Kier molecular flexibility index (Phi) is 8.92. The van der Waals surface area contributed by atoms with E-state index in [1.807, 2.05) is 6.92 Å². The molecule has 1 atom stereocenters. The maximum absolute atomic E-state index is 12.5. The maximum Gasteiger partial charge on any atom is 0.219 e. The first-order valence-electron chi connectivity index (χ1n) is 7.74. The summed E-state index contributed by atoms with van der Waals surface area (Å²) in [6.45, 7) is 6.26. The van der Waals surface area contributed by atoms with E-state index in [2.05, 4.69) is 13.8 Å². The molecule has 0 aliphatic carbocycles. The van der Waals surface area contributed by atoms with E-state index in [1.165, 1.54) is 17.1 Å². The zero-order valence-electron chi connectivity index (χ0n) is 13.5. The summed E-state index contributed by atoms with van der Waals surface area (Å²) in [5.74, 6) is 0. The highest BCUT2D eigenvalue weighted by Gasteiger charge is 2.39. The molecule has 0 spiro atoms. The summed E-state index contributed by atoms with van der Waals surface area (Å²) in [5, 5.41) is 0. The van der Waals surface area contributed by atoms with E-state index in [0.717, 1.165) is 44.9 Å². The molecule has 4 heteroatoms. The van der Waals surface area contributed by atoms with Crippen LogP contribution in [0.1, 0.15) is 78.6 Å². The van der Waals surface area contributed by atoms with E-state index in [0.29, 0.717) is 0 Å². The van der Waals surface area contributed by atoms with Gasteiger partial charge < -0.3 is 0 Å². The standard InChI is InChI=1S/C15H33NO2S/c1-6-8-10-12-14-15(3,13-11-9-7-2)19(17,18)16(4)5/h6-14H2,1-5H3. The average molecular weight is 292 g/mol. The third kappa shape index (κ3) is 5.82. The van der Waals surface area contributed by atoms with Gasteiger partial charge in [-0.05, 0) is 19.8 Å². The normalized spacial score (nSPS) is 15.7. The smallest absolute Gasteiger partial charge is 0.212 e. The van der Waals surface area contributed by atoms with Gasteiger partial charge in [0.15, 0.2) is 0 Å². The van der Waals surface area contributed by atoms with Gasteiger partial charge in [0.1, 0.15) is 0 Å². The minimum Gasteiger partial charge on any atom is -0.212 e. The van der Waals surface area contributed by atoms with E-state index < -0.39 is 14.8 Å². The van der Waals surface area contributed by atoms with Gasteiger partial charge in [0.25, 0.3) is 0 Å². The predicted molar refractivity (Wildman–Crippen MR) is 83.9 cm³/mol. The topological polar surface area (TPSA) is 37.4 Å².